The van der Waals surface area contributed by atoms with Crippen molar-refractivity contribution in [2.75, 3.05) is 0 Å². The van der Waals surface area contributed by atoms with E-state index in [4.69, 9.17) is 0 Å². The number of para-hydroxylation sites is 1. The molecule has 0 spiro atoms. The number of carbonyl (C=O) groups is 1. The Hall–Kier alpha value is -1.98. The highest BCUT2D eigenvalue weighted by molar-refractivity contribution is 6.05. The van der Waals surface area contributed by atoms with Gasteiger partial charge in [-0.1, -0.05) is 6.07 Å². The van der Waals surface area contributed by atoms with Crippen LogP contribution in [0.15, 0.2) is 18.2 Å². The molecule has 1 heterocycles. The zero-order chi connectivity index (χ0) is 12.7. The van der Waals surface area contributed by atoms with Crippen molar-refractivity contribution in [2.45, 2.75) is 25.3 Å². The Morgan fingerprint density at radius 3 is 2.89 bits per heavy atom. The third kappa shape index (κ3) is 1.94. The molecule has 4 nitrogen and oxygen atoms in total. The van der Waals surface area contributed by atoms with Crippen molar-refractivity contribution in [3.63, 3.8) is 0 Å². The Balaban J connectivity index is 2.02. The van der Waals surface area contributed by atoms with E-state index in [0.717, 1.165) is 12.8 Å². The second kappa shape index (κ2) is 4.04. The minimum Gasteiger partial charge on any atom is -0.349 e. The highest BCUT2D eigenvalue weighted by atomic mass is 19.3. The summed E-state index contributed by atoms with van der Waals surface area (Å²) in [7, 11) is 0. The summed E-state index contributed by atoms with van der Waals surface area (Å²) in [6.45, 7) is 0. The molecular formula is C12H11F2N3O. The number of imidazole rings is 1. The van der Waals surface area contributed by atoms with E-state index in [2.05, 4.69) is 15.3 Å². The molecule has 0 unspecified atom stereocenters. The molecule has 2 N–H and O–H groups in total. The van der Waals surface area contributed by atoms with E-state index in [1.54, 1.807) is 18.2 Å². The molecule has 0 atom stereocenters. The molecule has 0 aliphatic heterocycles. The molecule has 0 saturated heterocycles. The van der Waals surface area contributed by atoms with E-state index in [1.165, 1.54) is 0 Å². The Kier molecular flexibility index (Phi) is 2.50. The fourth-order valence-corrected chi connectivity index (χ4v) is 1.83. The number of fused-ring (bicyclic) bond motifs is 1. The molecule has 18 heavy (non-hydrogen) atoms. The van der Waals surface area contributed by atoms with Gasteiger partial charge < -0.3 is 10.3 Å². The van der Waals surface area contributed by atoms with Gasteiger partial charge in [-0.15, -0.1) is 0 Å². The van der Waals surface area contributed by atoms with Crippen molar-refractivity contribution in [2.24, 2.45) is 0 Å². The topological polar surface area (TPSA) is 57.8 Å². The number of benzene rings is 1. The van der Waals surface area contributed by atoms with Gasteiger partial charge in [0.05, 0.1) is 11.1 Å². The lowest BCUT2D eigenvalue weighted by molar-refractivity contribution is 0.0952. The summed E-state index contributed by atoms with van der Waals surface area (Å²) in [5.74, 6) is -0.660. The van der Waals surface area contributed by atoms with Crippen LogP contribution in [0.2, 0.25) is 0 Å². The summed E-state index contributed by atoms with van der Waals surface area (Å²) in [4.78, 5) is 18.2. The van der Waals surface area contributed by atoms with Gasteiger partial charge in [-0.3, -0.25) is 4.79 Å². The molecule has 1 aliphatic rings. The standard InChI is InChI=1S/C12H11F2N3O/c13-10(14)11-16-8-3-1-2-7(9(8)17-11)12(18)15-6-4-5-6/h1-3,6,10H,4-5H2,(H,15,18)(H,16,17). The van der Waals surface area contributed by atoms with Crippen LogP contribution in [-0.2, 0) is 0 Å². The highest BCUT2D eigenvalue weighted by Crippen LogP contribution is 2.24. The summed E-state index contributed by atoms with van der Waals surface area (Å²) in [6, 6.07) is 5.09. The fourth-order valence-electron chi connectivity index (χ4n) is 1.83. The normalized spacial score (nSPS) is 15.3. The molecule has 3 rings (SSSR count). The van der Waals surface area contributed by atoms with Crippen LogP contribution in [0.3, 0.4) is 0 Å². The molecule has 1 fully saturated rings. The van der Waals surface area contributed by atoms with Gasteiger partial charge in [-0.05, 0) is 25.0 Å². The average molecular weight is 251 g/mol. The predicted molar refractivity (Wildman–Crippen MR) is 61.5 cm³/mol. The molecule has 0 radical (unpaired) electrons. The first-order valence-electron chi connectivity index (χ1n) is 5.73. The first-order chi connectivity index (χ1) is 8.65. The van der Waals surface area contributed by atoms with Crippen molar-refractivity contribution in [1.82, 2.24) is 15.3 Å². The Morgan fingerprint density at radius 2 is 2.22 bits per heavy atom. The van der Waals surface area contributed by atoms with Crippen molar-refractivity contribution in [3.05, 3.63) is 29.6 Å². The first-order valence-corrected chi connectivity index (χ1v) is 5.73. The van der Waals surface area contributed by atoms with E-state index in [1.807, 2.05) is 0 Å². The van der Waals surface area contributed by atoms with Crippen LogP contribution in [0.5, 0.6) is 0 Å². The van der Waals surface area contributed by atoms with Crippen LogP contribution < -0.4 is 5.32 Å². The SMILES string of the molecule is O=C(NC1CC1)c1cccc2[nH]c(C(F)F)nc12. The number of nitrogens with zero attached hydrogens (tertiary/aromatic N) is 1. The number of hydrogen-bond donors (Lipinski definition) is 2. The van der Waals surface area contributed by atoms with E-state index in [-0.39, 0.29) is 11.9 Å². The van der Waals surface area contributed by atoms with Gasteiger partial charge in [0.15, 0.2) is 5.82 Å². The third-order valence-corrected chi connectivity index (χ3v) is 2.89. The highest BCUT2D eigenvalue weighted by Gasteiger charge is 2.25. The number of H-pyrrole nitrogens is 1. The zero-order valence-corrected chi connectivity index (χ0v) is 9.41. The third-order valence-electron chi connectivity index (χ3n) is 2.89. The number of rotatable bonds is 3. The number of amides is 1. The summed E-state index contributed by atoms with van der Waals surface area (Å²) in [5, 5.41) is 2.82. The molecular weight excluding hydrogens is 240 g/mol. The Morgan fingerprint density at radius 1 is 1.44 bits per heavy atom. The van der Waals surface area contributed by atoms with Gasteiger partial charge in [0.2, 0.25) is 0 Å². The van der Waals surface area contributed by atoms with E-state index < -0.39 is 12.2 Å². The quantitative estimate of drug-likeness (QED) is 0.880. The second-order valence-electron chi connectivity index (χ2n) is 4.37. The lowest BCUT2D eigenvalue weighted by Gasteiger charge is -2.03. The molecule has 1 amide bonds. The molecule has 6 heteroatoms. The lowest BCUT2D eigenvalue weighted by Crippen LogP contribution is -2.25. The smallest absolute Gasteiger partial charge is 0.295 e. The van der Waals surface area contributed by atoms with Crippen LogP contribution in [0.1, 0.15) is 35.4 Å². The summed E-state index contributed by atoms with van der Waals surface area (Å²) in [5.41, 5.74) is 1.09. The first kappa shape index (κ1) is 11.1. The van der Waals surface area contributed by atoms with Crippen LogP contribution in [0.25, 0.3) is 11.0 Å². The number of aromatic amines is 1. The maximum Gasteiger partial charge on any atom is 0.295 e. The van der Waals surface area contributed by atoms with E-state index in [0.29, 0.717) is 16.6 Å². The minimum atomic E-state index is -2.67. The minimum absolute atomic E-state index is 0.223. The van der Waals surface area contributed by atoms with Crippen molar-refractivity contribution in [3.8, 4) is 0 Å². The average Bonchev–Trinajstić information content (AvgIpc) is 3.03. The zero-order valence-electron chi connectivity index (χ0n) is 9.41. The maximum atomic E-state index is 12.6. The van der Waals surface area contributed by atoms with Crippen LogP contribution >= 0.6 is 0 Å². The van der Waals surface area contributed by atoms with Gasteiger partial charge >= 0.3 is 0 Å². The van der Waals surface area contributed by atoms with Crippen molar-refractivity contribution >= 4 is 16.9 Å². The monoisotopic (exact) mass is 251 g/mol. The van der Waals surface area contributed by atoms with Gasteiger partial charge in [0, 0.05) is 6.04 Å². The largest absolute Gasteiger partial charge is 0.349 e. The number of aromatic nitrogens is 2. The molecule has 1 aliphatic carbocycles. The van der Waals surface area contributed by atoms with Crippen LogP contribution in [-0.4, -0.2) is 21.9 Å². The summed E-state index contributed by atoms with van der Waals surface area (Å²) in [6.07, 6.45) is -0.716. The van der Waals surface area contributed by atoms with Gasteiger partial charge in [0.1, 0.15) is 5.52 Å². The number of carbonyl (C=O) groups excluding carboxylic acids is 1. The number of halogens is 2. The summed E-state index contributed by atoms with van der Waals surface area (Å²) < 4.78 is 25.1. The van der Waals surface area contributed by atoms with Crippen LogP contribution in [0, 0.1) is 0 Å². The number of alkyl halides is 2. The predicted octanol–water partition coefficient (Wildman–Crippen LogP) is 2.39. The lowest BCUT2D eigenvalue weighted by atomic mass is 10.1. The molecule has 2 aromatic rings. The van der Waals surface area contributed by atoms with Crippen molar-refractivity contribution < 1.29 is 13.6 Å². The van der Waals surface area contributed by atoms with E-state index >= 15 is 0 Å². The van der Waals surface area contributed by atoms with Gasteiger partial charge in [-0.25, -0.2) is 13.8 Å². The number of hydrogen-bond acceptors (Lipinski definition) is 2. The molecule has 1 aromatic carbocycles. The molecule has 94 valence electrons. The number of nitrogens with one attached hydrogen (secondary N) is 2. The maximum absolute atomic E-state index is 12.6. The van der Waals surface area contributed by atoms with Crippen LogP contribution in [0.4, 0.5) is 8.78 Å². The van der Waals surface area contributed by atoms with Gasteiger partial charge in [-0.2, -0.15) is 0 Å². The second-order valence-corrected chi connectivity index (χ2v) is 4.37. The van der Waals surface area contributed by atoms with Gasteiger partial charge in [0.25, 0.3) is 12.3 Å². The molecule has 1 aromatic heterocycles. The Bertz CT molecular complexity index is 604. The Labute approximate surface area is 101 Å². The molecule has 1 saturated carbocycles. The van der Waals surface area contributed by atoms with E-state index in [9.17, 15) is 13.6 Å². The van der Waals surface area contributed by atoms with Crippen molar-refractivity contribution in [1.29, 1.82) is 0 Å². The summed E-state index contributed by atoms with van der Waals surface area (Å²) >= 11 is 0. The fraction of sp³-hybridized carbons (Fsp3) is 0.333. The molecule has 0 bridgehead atoms.